The molecule has 0 bridgehead atoms. The number of carbonyl (C=O) groups is 1. The minimum atomic E-state index is -4.64. The zero-order valence-corrected chi connectivity index (χ0v) is 15.0. The van der Waals surface area contributed by atoms with Gasteiger partial charge in [-0.25, -0.2) is 4.79 Å². The average molecular weight is 409 g/mol. The number of methoxy groups -OCH3 is 2. The van der Waals surface area contributed by atoms with E-state index in [0.717, 1.165) is 12.1 Å². The Kier molecular flexibility index (Phi) is 6.09. The molecule has 0 aliphatic carbocycles. The third-order valence-electron chi connectivity index (χ3n) is 3.25. The number of urea groups is 1. The number of halogens is 5. The van der Waals surface area contributed by atoms with Gasteiger partial charge in [0, 0.05) is 11.8 Å². The molecule has 0 saturated heterocycles. The lowest BCUT2D eigenvalue weighted by Gasteiger charge is -2.15. The van der Waals surface area contributed by atoms with Gasteiger partial charge in [0.1, 0.15) is 11.5 Å². The van der Waals surface area contributed by atoms with Crippen molar-refractivity contribution in [2.24, 2.45) is 0 Å². The lowest BCUT2D eigenvalue weighted by atomic mass is 10.2. The molecule has 10 heteroatoms. The highest BCUT2D eigenvalue weighted by Crippen LogP contribution is 2.37. The molecule has 0 fully saturated rings. The molecule has 0 saturated carbocycles. The molecule has 0 heterocycles. The van der Waals surface area contributed by atoms with Crippen molar-refractivity contribution in [3.63, 3.8) is 0 Å². The summed E-state index contributed by atoms with van der Waals surface area (Å²) < 4.78 is 48.8. The molecule has 0 aliphatic heterocycles. The molecule has 0 radical (unpaired) electrons. The standard InChI is InChI=1S/C16H13Cl2F3N2O3/c1-25-13-7-14(26-2)12(6-11(13)18)23-15(24)22-8-3-4-10(17)9(5-8)16(19,20)21/h3-7H,1-2H3,(H2,22,23,24). The van der Waals surface area contributed by atoms with Gasteiger partial charge in [-0.05, 0) is 24.3 Å². The number of nitrogens with one attached hydrogen (secondary N) is 2. The lowest BCUT2D eigenvalue weighted by Crippen LogP contribution is -2.20. The fraction of sp³-hybridized carbons (Fsp3) is 0.188. The molecule has 0 aliphatic rings. The maximum absolute atomic E-state index is 12.9. The molecule has 2 N–H and O–H groups in total. The Morgan fingerprint density at radius 1 is 0.962 bits per heavy atom. The molecule has 2 amide bonds. The largest absolute Gasteiger partial charge is 0.495 e. The molecule has 0 atom stereocenters. The van der Waals surface area contributed by atoms with Crippen molar-refractivity contribution in [1.29, 1.82) is 0 Å². The maximum atomic E-state index is 12.9. The van der Waals surface area contributed by atoms with Crippen molar-refractivity contribution >= 4 is 40.6 Å². The number of rotatable bonds is 4. The molecular weight excluding hydrogens is 396 g/mol. The number of amides is 2. The van der Waals surface area contributed by atoms with Gasteiger partial charge in [0.25, 0.3) is 0 Å². The number of benzene rings is 2. The fourth-order valence-corrected chi connectivity index (χ4v) is 2.53. The monoisotopic (exact) mass is 408 g/mol. The van der Waals surface area contributed by atoms with Gasteiger partial charge in [0.2, 0.25) is 0 Å². The van der Waals surface area contributed by atoms with E-state index in [0.29, 0.717) is 5.75 Å². The minimum Gasteiger partial charge on any atom is -0.495 e. The third-order valence-corrected chi connectivity index (χ3v) is 3.88. The Labute approximate surface area is 157 Å². The minimum absolute atomic E-state index is 0.0854. The van der Waals surface area contributed by atoms with Crippen LogP contribution >= 0.6 is 23.2 Å². The molecule has 2 aromatic rings. The summed E-state index contributed by atoms with van der Waals surface area (Å²) in [5, 5.41) is 4.49. The Hall–Kier alpha value is -2.32. The van der Waals surface area contributed by atoms with E-state index in [1.54, 1.807) is 0 Å². The van der Waals surface area contributed by atoms with Crippen LogP contribution in [0.1, 0.15) is 5.56 Å². The number of hydrogen-bond donors (Lipinski definition) is 2. The molecule has 26 heavy (non-hydrogen) atoms. The Bertz CT molecular complexity index is 829. The van der Waals surface area contributed by atoms with E-state index < -0.39 is 22.8 Å². The van der Waals surface area contributed by atoms with Crippen LogP contribution in [-0.4, -0.2) is 20.3 Å². The predicted octanol–water partition coefficient (Wildman–Crippen LogP) is 5.67. The number of carbonyl (C=O) groups excluding carboxylic acids is 1. The second-order valence-electron chi connectivity index (χ2n) is 4.96. The predicted molar refractivity (Wildman–Crippen MR) is 93.7 cm³/mol. The maximum Gasteiger partial charge on any atom is 0.417 e. The van der Waals surface area contributed by atoms with Crippen LogP contribution in [0, 0.1) is 0 Å². The molecule has 0 spiro atoms. The highest BCUT2D eigenvalue weighted by atomic mass is 35.5. The van der Waals surface area contributed by atoms with Crippen molar-refractivity contribution in [3.8, 4) is 11.5 Å². The first-order valence-corrected chi connectivity index (χ1v) is 7.77. The van der Waals surface area contributed by atoms with Crippen molar-refractivity contribution in [2.45, 2.75) is 6.18 Å². The van der Waals surface area contributed by atoms with Crippen molar-refractivity contribution in [1.82, 2.24) is 0 Å². The van der Waals surface area contributed by atoms with Crippen molar-refractivity contribution < 1.29 is 27.4 Å². The van der Waals surface area contributed by atoms with Gasteiger partial charge in [-0.1, -0.05) is 23.2 Å². The van der Waals surface area contributed by atoms with E-state index in [1.165, 1.54) is 32.4 Å². The third kappa shape index (κ3) is 4.64. The fourth-order valence-electron chi connectivity index (χ4n) is 2.06. The molecule has 5 nitrogen and oxygen atoms in total. The Morgan fingerprint density at radius 3 is 2.19 bits per heavy atom. The average Bonchev–Trinajstić information content (AvgIpc) is 2.56. The van der Waals surface area contributed by atoms with Gasteiger partial charge in [0.15, 0.2) is 0 Å². The van der Waals surface area contributed by atoms with E-state index in [9.17, 15) is 18.0 Å². The van der Waals surface area contributed by atoms with Crippen LogP contribution in [0.25, 0.3) is 0 Å². The summed E-state index contributed by atoms with van der Waals surface area (Å²) in [6.07, 6.45) is -4.64. The Balaban J connectivity index is 2.21. The normalized spacial score (nSPS) is 11.0. The molecule has 0 aromatic heterocycles. The first kappa shape index (κ1) is 20.0. The second kappa shape index (κ2) is 7.92. The number of alkyl halides is 3. The van der Waals surface area contributed by atoms with E-state index in [1.807, 2.05) is 0 Å². The number of anilines is 2. The topological polar surface area (TPSA) is 59.6 Å². The van der Waals surface area contributed by atoms with Gasteiger partial charge in [-0.3, -0.25) is 0 Å². The summed E-state index contributed by atoms with van der Waals surface area (Å²) >= 11 is 11.5. The highest BCUT2D eigenvalue weighted by molar-refractivity contribution is 6.32. The smallest absolute Gasteiger partial charge is 0.417 e. The van der Waals surface area contributed by atoms with Crippen molar-refractivity contribution in [3.05, 3.63) is 45.9 Å². The van der Waals surface area contributed by atoms with Gasteiger partial charge >= 0.3 is 12.2 Å². The van der Waals surface area contributed by atoms with E-state index in [-0.39, 0.29) is 22.1 Å². The van der Waals surface area contributed by atoms with Crippen LogP contribution in [0.15, 0.2) is 30.3 Å². The van der Waals surface area contributed by atoms with Gasteiger partial charge in [0.05, 0.1) is 35.5 Å². The molecular formula is C16H13Cl2F3N2O3. The zero-order valence-electron chi connectivity index (χ0n) is 13.5. The van der Waals surface area contributed by atoms with E-state index in [2.05, 4.69) is 10.6 Å². The molecule has 0 unspecified atom stereocenters. The number of hydrogen-bond acceptors (Lipinski definition) is 3. The summed E-state index contributed by atoms with van der Waals surface area (Å²) in [6.45, 7) is 0. The number of ether oxygens (including phenoxy) is 2. The summed E-state index contributed by atoms with van der Waals surface area (Å²) in [5.74, 6) is 0.593. The molecule has 140 valence electrons. The molecule has 2 rings (SSSR count). The van der Waals surface area contributed by atoms with Crippen LogP contribution in [0.5, 0.6) is 11.5 Å². The summed E-state index contributed by atoms with van der Waals surface area (Å²) in [5.41, 5.74) is -0.930. The van der Waals surface area contributed by atoms with E-state index >= 15 is 0 Å². The van der Waals surface area contributed by atoms with Crippen LogP contribution in [-0.2, 0) is 6.18 Å². The van der Waals surface area contributed by atoms with E-state index in [4.69, 9.17) is 32.7 Å². The van der Waals surface area contributed by atoms with Crippen LogP contribution in [0.2, 0.25) is 10.0 Å². The van der Waals surface area contributed by atoms with Crippen LogP contribution < -0.4 is 20.1 Å². The van der Waals surface area contributed by atoms with Crippen molar-refractivity contribution in [2.75, 3.05) is 24.9 Å². The van der Waals surface area contributed by atoms with Gasteiger partial charge in [-0.15, -0.1) is 0 Å². The van der Waals surface area contributed by atoms with Gasteiger partial charge in [-0.2, -0.15) is 13.2 Å². The quantitative estimate of drug-likeness (QED) is 0.684. The Morgan fingerprint density at radius 2 is 1.62 bits per heavy atom. The summed E-state index contributed by atoms with van der Waals surface area (Å²) in [4.78, 5) is 12.1. The SMILES string of the molecule is COc1cc(OC)c(NC(=O)Nc2ccc(Cl)c(C(F)(F)F)c2)cc1Cl. The summed E-state index contributed by atoms with van der Waals surface area (Å²) in [7, 11) is 2.79. The molecule has 2 aromatic carbocycles. The second-order valence-corrected chi connectivity index (χ2v) is 5.77. The lowest BCUT2D eigenvalue weighted by molar-refractivity contribution is -0.137. The van der Waals surface area contributed by atoms with Crippen LogP contribution in [0.3, 0.4) is 0 Å². The van der Waals surface area contributed by atoms with Crippen LogP contribution in [0.4, 0.5) is 29.3 Å². The first-order chi connectivity index (χ1) is 12.2. The first-order valence-electron chi connectivity index (χ1n) is 7.02. The zero-order chi connectivity index (χ0) is 19.5. The van der Waals surface area contributed by atoms with Gasteiger partial charge < -0.3 is 20.1 Å². The highest BCUT2D eigenvalue weighted by Gasteiger charge is 2.33. The summed E-state index contributed by atoms with van der Waals surface area (Å²) in [6, 6.07) is 5.09.